The fourth-order valence-electron chi connectivity index (χ4n) is 2.17. The Bertz CT molecular complexity index is 713. The molecule has 24 heavy (non-hydrogen) atoms. The van der Waals surface area contributed by atoms with Crippen LogP contribution < -0.4 is 10.1 Å². The molecule has 1 heterocycles. The van der Waals surface area contributed by atoms with Crippen molar-refractivity contribution in [2.75, 3.05) is 13.7 Å². The Morgan fingerprint density at radius 2 is 1.83 bits per heavy atom. The molecule has 1 amide bonds. The average molecular weight is 338 g/mol. The molecule has 4 nitrogen and oxygen atoms in total. The van der Waals surface area contributed by atoms with E-state index < -0.39 is 17.8 Å². The molecule has 2 aromatic rings. The molecule has 0 aliphatic carbocycles. The Morgan fingerprint density at radius 1 is 1.17 bits per heavy atom. The largest absolute Gasteiger partial charge is 0.497 e. The number of alkyl halides is 3. The number of nitrogens with one attached hydrogen (secondary N) is 1. The summed E-state index contributed by atoms with van der Waals surface area (Å²) < 4.78 is 42.8. The van der Waals surface area contributed by atoms with Crippen LogP contribution in [0.5, 0.6) is 5.75 Å². The third-order valence-corrected chi connectivity index (χ3v) is 3.48. The predicted molar refractivity (Wildman–Crippen MR) is 83.0 cm³/mol. The van der Waals surface area contributed by atoms with Crippen LogP contribution >= 0.6 is 0 Å². The van der Waals surface area contributed by atoms with Gasteiger partial charge in [-0.3, -0.25) is 4.79 Å². The number of aryl methyl sites for hydroxylation is 1. The number of hydrogen-bond acceptors (Lipinski definition) is 3. The molecule has 7 heteroatoms. The molecular weight excluding hydrogens is 321 g/mol. The van der Waals surface area contributed by atoms with Crippen LogP contribution in [-0.4, -0.2) is 24.5 Å². The van der Waals surface area contributed by atoms with Crippen molar-refractivity contribution in [2.45, 2.75) is 19.5 Å². The van der Waals surface area contributed by atoms with E-state index in [9.17, 15) is 18.0 Å². The molecule has 0 aliphatic heterocycles. The maximum atomic E-state index is 12.6. The van der Waals surface area contributed by atoms with Crippen LogP contribution in [0.4, 0.5) is 13.2 Å². The van der Waals surface area contributed by atoms with Crippen molar-refractivity contribution >= 4 is 5.91 Å². The third kappa shape index (κ3) is 4.47. The van der Waals surface area contributed by atoms with Crippen LogP contribution in [0.25, 0.3) is 0 Å². The van der Waals surface area contributed by atoms with Gasteiger partial charge in [0.2, 0.25) is 0 Å². The highest BCUT2D eigenvalue weighted by molar-refractivity contribution is 5.95. The van der Waals surface area contributed by atoms with Gasteiger partial charge < -0.3 is 10.1 Å². The van der Waals surface area contributed by atoms with E-state index in [-0.39, 0.29) is 11.3 Å². The van der Waals surface area contributed by atoms with Gasteiger partial charge in [0.25, 0.3) is 5.91 Å². The number of carbonyl (C=O) groups is 1. The van der Waals surface area contributed by atoms with Crippen molar-refractivity contribution in [1.82, 2.24) is 10.3 Å². The van der Waals surface area contributed by atoms with E-state index in [4.69, 9.17) is 4.74 Å². The number of benzene rings is 1. The normalized spacial score (nSPS) is 11.2. The van der Waals surface area contributed by atoms with Gasteiger partial charge in [-0.05, 0) is 43.2 Å². The van der Waals surface area contributed by atoms with E-state index in [0.717, 1.165) is 23.4 Å². The van der Waals surface area contributed by atoms with Gasteiger partial charge in [0, 0.05) is 6.54 Å². The fourth-order valence-corrected chi connectivity index (χ4v) is 2.17. The molecule has 128 valence electrons. The number of nitrogens with zero attached hydrogens (tertiary/aromatic N) is 1. The first-order valence-electron chi connectivity index (χ1n) is 7.27. The van der Waals surface area contributed by atoms with E-state index >= 15 is 0 Å². The number of halogens is 3. The lowest BCUT2D eigenvalue weighted by atomic mass is 10.1. The molecule has 1 aromatic heterocycles. The minimum atomic E-state index is -4.52. The Labute approximate surface area is 137 Å². The van der Waals surface area contributed by atoms with Crippen LogP contribution in [-0.2, 0) is 12.6 Å². The van der Waals surface area contributed by atoms with Crippen molar-refractivity contribution in [3.63, 3.8) is 0 Å². The standard InChI is InChI=1S/C17H17F3N2O2/c1-11-14(7-8-15(22-11)17(18,19)20)16(23)21-10-9-12-3-5-13(24-2)6-4-12/h3-8H,9-10H2,1-2H3,(H,21,23). The van der Waals surface area contributed by atoms with Crippen LogP contribution in [0.3, 0.4) is 0 Å². The van der Waals surface area contributed by atoms with Gasteiger partial charge in [-0.15, -0.1) is 0 Å². The summed E-state index contributed by atoms with van der Waals surface area (Å²) in [5, 5.41) is 2.68. The average Bonchev–Trinajstić information content (AvgIpc) is 2.54. The van der Waals surface area contributed by atoms with E-state index in [1.807, 2.05) is 24.3 Å². The van der Waals surface area contributed by atoms with Gasteiger partial charge in [0.15, 0.2) is 0 Å². The number of amides is 1. The van der Waals surface area contributed by atoms with Crippen LogP contribution in [0, 0.1) is 6.92 Å². The summed E-state index contributed by atoms with van der Waals surface area (Å²) in [7, 11) is 1.58. The molecule has 0 spiro atoms. The number of hydrogen-bond donors (Lipinski definition) is 1. The molecule has 0 saturated heterocycles. The summed E-state index contributed by atoms with van der Waals surface area (Å²) in [6.07, 6.45) is -3.92. The monoisotopic (exact) mass is 338 g/mol. The highest BCUT2D eigenvalue weighted by Gasteiger charge is 2.33. The molecule has 0 aliphatic rings. The Kier molecular flexibility index (Phi) is 5.43. The van der Waals surface area contributed by atoms with Crippen molar-refractivity contribution in [2.24, 2.45) is 0 Å². The first kappa shape index (κ1) is 17.8. The predicted octanol–water partition coefficient (Wildman–Crippen LogP) is 3.39. The Hall–Kier alpha value is -2.57. The molecule has 1 aromatic carbocycles. The molecule has 0 atom stereocenters. The second-order valence-electron chi connectivity index (χ2n) is 5.18. The van der Waals surface area contributed by atoms with E-state index in [0.29, 0.717) is 13.0 Å². The molecule has 0 fully saturated rings. The van der Waals surface area contributed by atoms with Gasteiger partial charge in [-0.2, -0.15) is 13.2 Å². The van der Waals surface area contributed by atoms with Gasteiger partial charge in [-0.25, -0.2) is 4.98 Å². The molecule has 0 saturated carbocycles. The molecular formula is C17H17F3N2O2. The summed E-state index contributed by atoms with van der Waals surface area (Å²) in [6, 6.07) is 9.37. The minimum absolute atomic E-state index is 0.0479. The zero-order valence-corrected chi connectivity index (χ0v) is 13.3. The van der Waals surface area contributed by atoms with E-state index in [1.165, 1.54) is 6.92 Å². The number of pyridine rings is 1. The summed E-state index contributed by atoms with van der Waals surface area (Å²) in [6.45, 7) is 1.75. The Morgan fingerprint density at radius 3 is 2.38 bits per heavy atom. The number of methoxy groups -OCH3 is 1. The summed E-state index contributed by atoms with van der Waals surface area (Å²) >= 11 is 0. The van der Waals surface area contributed by atoms with Crippen molar-refractivity contribution in [3.05, 3.63) is 58.9 Å². The lowest BCUT2D eigenvalue weighted by molar-refractivity contribution is -0.141. The number of carbonyl (C=O) groups excluding carboxylic acids is 1. The lowest BCUT2D eigenvalue weighted by Crippen LogP contribution is -2.27. The van der Waals surface area contributed by atoms with Crippen molar-refractivity contribution < 1.29 is 22.7 Å². The molecule has 0 radical (unpaired) electrons. The van der Waals surface area contributed by atoms with Gasteiger partial charge in [0.05, 0.1) is 18.4 Å². The maximum absolute atomic E-state index is 12.6. The quantitative estimate of drug-likeness (QED) is 0.909. The lowest BCUT2D eigenvalue weighted by Gasteiger charge is -2.10. The molecule has 1 N–H and O–H groups in total. The second-order valence-corrected chi connectivity index (χ2v) is 5.18. The van der Waals surface area contributed by atoms with Gasteiger partial charge in [0.1, 0.15) is 11.4 Å². The number of rotatable bonds is 5. The number of ether oxygens (including phenoxy) is 1. The summed E-state index contributed by atoms with van der Waals surface area (Å²) in [5.74, 6) is 0.302. The van der Waals surface area contributed by atoms with E-state index in [1.54, 1.807) is 7.11 Å². The highest BCUT2D eigenvalue weighted by Crippen LogP contribution is 2.28. The summed E-state index contributed by atoms with van der Waals surface area (Å²) in [4.78, 5) is 15.5. The minimum Gasteiger partial charge on any atom is -0.497 e. The highest BCUT2D eigenvalue weighted by atomic mass is 19.4. The van der Waals surface area contributed by atoms with Crippen LogP contribution in [0.15, 0.2) is 36.4 Å². The SMILES string of the molecule is COc1ccc(CCNC(=O)c2ccc(C(F)(F)F)nc2C)cc1. The van der Waals surface area contributed by atoms with Crippen LogP contribution in [0.1, 0.15) is 27.3 Å². The van der Waals surface area contributed by atoms with Crippen LogP contribution in [0.2, 0.25) is 0 Å². The van der Waals surface area contributed by atoms with Crippen molar-refractivity contribution in [3.8, 4) is 5.75 Å². The van der Waals surface area contributed by atoms with E-state index in [2.05, 4.69) is 10.3 Å². The molecule has 0 unspecified atom stereocenters. The number of aromatic nitrogens is 1. The summed E-state index contributed by atoms with van der Waals surface area (Å²) in [5.41, 5.74) is 0.192. The molecule has 2 rings (SSSR count). The second kappa shape index (κ2) is 7.33. The fraction of sp³-hybridized carbons (Fsp3) is 0.294. The zero-order chi connectivity index (χ0) is 17.7. The zero-order valence-electron chi connectivity index (χ0n) is 13.3. The van der Waals surface area contributed by atoms with Gasteiger partial charge >= 0.3 is 6.18 Å². The van der Waals surface area contributed by atoms with Gasteiger partial charge in [-0.1, -0.05) is 12.1 Å². The Balaban J connectivity index is 1.94. The first-order chi connectivity index (χ1) is 11.3. The molecule has 0 bridgehead atoms. The van der Waals surface area contributed by atoms with Crippen molar-refractivity contribution in [1.29, 1.82) is 0 Å². The smallest absolute Gasteiger partial charge is 0.433 e. The first-order valence-corrected chi connectivity index (χ1v) is 7.27. The topological polar surface area (TPSA) is 51.2 Å². The third-order valence-electron chi connectivity index (χ3n) is 3.48. The maximum Gasteiger partial charge on any atom is 0.433 e.